The number of rotatable bonds is 1. The molecule has 0 spiro atoms. The van der Waals surface area contributed by atoms with Gasteiger partial charge in [0.05, 0.1) is 11.6 Å². The molecule has 0 aliphatic rings. The van der Waals surface area contributed by atoms with Gasteiger partial charge in [0.2, 0.25) is 0 Å². The van der Waals surface area contributed by atoms with Crippen molar-refractivity contribution in [3.8, 4) is 5.75 Å². The van der Waals surface area contributed by atoms with E-state index in [2.05, 4.69) is 20.7 Å². The topological polar surface area (TPSA) is 46.5 Å². The van der Waals surface area contributed by atoms with E-state index < -0.39 is 5.97 Å². The van der Waals surface area contributed by atoms with Crippen molar-refractivity contribution in [1.82, 2.24) is 0 Å². The Balaban J connectivity index is 3.17. The summed E-state index contributed by atoms with van der Waals surface area (Å²) in [6.07, 6.45) is 0. The average molecular weight is 251 g/mol. The van der Waals surface area contributed by atoms with Gasteiger partial charge in [-0.25, -0.2) is 4.79 Å². The highest BCUT2D eigenvalue weighted by molar-refractivity contribution is 9.10. The molecule has 1 aromatic heterocycles. The molecule has 0 fully saturated rings. The van der Waals surface area contributed by atoms with Crippen molar-refractivity contribution in [2.75, 3.05) is 7.11 Å². The largest absolute Gasteiger partial charge is 0.505 e. The van der Waals surface area contributed by atoms with Gasteiger partial charge in [0, 0.05) is 4.88 Å². The Morgan fingerprint density at radius 3 is 2.58 bits per heavy atom. The quantitative estimate of drug-likeness (QED) is 0.779. The second-order valence-corrected chi connectivity index (χ2v) is 4.16. The van der Waals surface area contributed by atoms with Crippen LogP contribution < -0.4 is 0 Å². The van der Waals surface area contributed by atoms with E-state index in [1.54, 1.807) is 6.92 Å². The standard InChI is InChI=1S/C7H7BrO3S/c1-3-4(8)5(9)6(12-3)7(10)11-2/h9H,1-2H3. The summed E-state index contributed by atoms with van der Waals surface area (Å²) in [5.74, 6) is -0.546. The summed E-state index contributed by atoms with van der Waals surface area (Å²) in [6.45, 7) is 1.81. The molecule has 0 atom stereocenters. The normalized spacial score (nSPS) is 9.92. The molecule has 0 aliphatic heterocycles. The smallest absolute Gasteiger partial charge is 0.351 e. The number of thiophene rings is 1. The first-order valence-electron chi connectivity index (χ1n) is 3.14. The first kappa shape index (κ1) is 9.54. The molecule has 5 heteroatoms. The fourth-order valence-corrected chi connectivity index (χ4v) is 2.17. The zero-order valence-electron chi connectivity index (χ0n) is 6.55. The molecule has 0 aromatic carbocycles. The van der Waals surface area contributed by atoms with Gasteiger partial charge in [-0.1, -0.05) is 0 Å². The van der Waals surface area contributed by atoms with Crippen molar-refractivity contribution in [3.63, 3.8) is 0 Å². The Bertz CT molecular complexity index is 319. The van der Waals surface area contributed by atoms with Gasteiger partial charge in [-0.2, -0.15) is 0 Å². The van der Waals surface area contributed by atoms with Crippen molar-refractivity contribution >= 4 is 33.2 Å². The fourth-order valence-electron chi connectivity index (χ4n) is 0.744. The molecule has 0 saturated heterocycles. The summed E-state index contributed by atoms with van der Waals surface area (Å²) in [5.41, 5.74) is 0. The van der Waals surface area contributed by atoms with Gasteiger partial charge in [-0.05, 0) is 22.9 Å². The number of ether oxygens (including phenoxy) is 1. The van der Waals surface area contributed by atoms with Crippen molar-refractivity contribution in [3.05, 3.63) is 14.2 Å². The third-order valence-corrected chi connectivity index (χ3v) is 3.67. The lowest BCUT2D eigenvalue weighted by Gasteiger charge is -1.94. The van der Waals surface area contributed by atoms with Crippen LogP contribution in [0.5, 0.6) is 5.75 Å². The summed E-state index contributed by atoms with van der Waals surface area (Å²) >= 11 is 4.35. The highest BCUT2D eigenvalue weighted by Crippen LogP contribution is 2.38. The Hall–Kier alpha value is -0.550. The minimum Gasteiger partial charge on any atom is -0.505 e. The molecule has 1 N–H and O–H groups in total. The maximum Gasteiger partial charge on any atom is 0.351 e. The molecular weight excluding hydrogens is 244 g/mol. The Morgan fingerprint density at radius 2 is 2.25 bits per heavy atom. The summed E-state index contributed by atoms with van der Waals surface area (Å²) in [7, 11) is 1.28. The highest BCUT2D eigenvalue weighted by Gasteiger charge is 2.19. The monoisotopic (exact) mass is 250 g/mol. The van der Waals surface area contributed by atoms with Crippen LogP contribution in [-0.4, -0.2) is 18.2 Å². The van der Waals surface area contributed by atoms with Gasteiger partial charge in [0.25, 0.3) is 0 Å². The molecule has 3 nitrogen and oxygen atoms in total. The number of methoxy groups -OCH3 is 1. The van der Waals surface area contributed by atoms with Crippen LogP contribution in [0.25, 0.3) is 0 Å². The van der Waals surface area contributed by atoms with Gasteiger partial charge in [0.15, 0.2) is 10.6 Å². The molecule has 0 unspecified atom stereocenters. The van der Waals surface area contributed by atoms with Crippen LogP contribution >= 0.6 is 27.3 Å². The summed E-state index contributed by atoms with van der Waals surface area (Å²) < 4.78 is 5.04. The van der Waals surface area contributed by atoms with E-state index in [4.69, 9.17) is 0 Å². The summed E-state index contributed by atoms with van der Waals surface area (Å²) in [4.78, 5) is 12.1. The second kappa shape index (κ2) is 3.45. The predicted octanol–water partition coefficient (Wildman–Crippen LogP) is 2.31. The third-order valence-electron chi connectivity index (χ3n) is 1.36. The lowest BCUT2D eigenvalue weighted by atomic mass is 10.4. The predicted molar refractivity (Wildman–Crippen MR) is 49.8 cm³/mol. The molecule has 12 heavy (non-hydrogen) atoms. The summed E-state index contributed by atoms with van der Waals surface area (Å²) in [6, 6.07) is 0. The van der Waals surface area contributed by atoms with Gasteiger partial charge >= 0.3 is 5.97 Å². The number of carbonyl (C=O) groups excluding carboxylic acids is 1. The van der Waals surface area contributed by atoms with E-state index in [0.29, 0.717) is 4.47 Å². The van der Waals surface area contributed by atoms with Crippen molar-refractivity contribution in [1.29, 1.82) is 0 Å². The number of esters is 1. The fraction of sp³-hybridized carbons (Fsp3) is 0.286. The molecule has 0 radical (unpaired) electrons. The molecule has 0 aliphatic carbocycles. The molecule has 1 aromatic rings. The van der Waals surface area contributed by atoms with Crippen molar-refractivity contribution < 1.29 is 14.6 Å². The van der Waals surface area contributed by atoms with Gasteiger partial charge < -0.3 is 9.84 Å². The minimum absolute atomic E-state index is 0.0376. The molecule has 0 saturated carbocycles. The molecule has 1 heterocycles. The zero-order valence-corrected chi connectivity index (χ0v) is 8.95. The van der Waals surface area contributed by atoms with E-state index in [1.807, 2.05) is 0 Å². The van der Waals surface area contributed by atoms with Crippen LogP contribution in [0.3, 0.4) is 0 Å². The first-order chi connectivity index (χ1) is 5.57. The first-order valence-corrected chi connectivity index (χ1v) is 4.75. The number of hydrogen-bond donors (Lipinski definition) is 1. The average Bonchev–Trinajstić information content (AvgIpc) is 2.32. The van der Waals surface area contributed by atoms with Crippen LogP contribution in [0.15, 0.2) is 4.47 Å². The van der Waals surface area contributed by atoms with Crippen LogP contribution in [0.2, 0.25) is 0 Å². The lowest BCUT2D eigenvalue weighted by molar-refractivity contribution is 0.0603. The molecule has 0 bridgehead atoms. The summed E-state index contributed by atoms with van der Waals surface area (Å²) in [5, 5.41) is 9.38. The number of carbonyl (C=O) groups is 1. The molecule has 66 valence electrons. The molecule has 1 rings (SSSR count). The Morgan fingerprint density at radius 1 is 1.67 bits per heavy atom. The number of aryl methyl sites for hydroxylation is 1. The van der Waals surface area contributed by atoms with Crippen molar-refractivity contribution in [2.24, 2.45) is 0 Å². The van der Waals surface area contributed by atoms with Gasteiger partial charge in [-0.15, -0.1) is 11.3 Å². The second-order valence-electron chi connectivity index (χ2n) is 2.14. The van der Waals surface area contributed by atoms with E-state index in [-0.39, 0.29) is 10.6 Å². The van der Waals surface area contributed by atoms with E-state index in [9.17, 15) is 9.90 Å². The molecular formula is C7H7BrO3S. The SMILES string of the molecule is COC(=O)c1sc(C)c(Br)c1O. The Labute approximate surface area is 82.1 Å². The maximum absolute atomic E-state index is 11.0. The maximum atomic E-state index is 11.0. The number of halogens is 1. The molecule has 0 amide bonds. The number of aromatic hydroxyl groups is 1. The van der Waals surface area contributed by atoms with Crippen LogP contribution in [0.4, 0.5) is 0 Å². The van der Waals surface area contributed by atoms with Crippen LogP contribution in [-0.2, 0) is 4.74 Å². The highest BCUT2D eigenvalue weighted by atomic mass is 79.9. The van der Waals surface area contributed by atoms with Gasteiger partial charge in [-0.3, -0.25) is 0 Å². The van der Waals surface area contributed by atoms with Crippen LogP contribution in [0, 0.1) is 6.92 Å². The van der Waals surface area contributed by atoms with E-state index in [1.165, 1.54) is 18.4 Å². The third kappa shape index (κ3) is 1.47. The van der Waals surface area contributed by atoms with Crippen molar-refractivity contribution in [2.45, 2.75) is 6.92 Å². The van der Waals surface area contributed by atoms with E-state index >= 15 is 0 Å². The van der Waals surface area contributed by atoms with Gasteiger partial charge in [0.1, 0.15) is 0 Å². The zero-order chi connectivity index (χ0) is 9.30. The lowest BCUT2D eigenvalue weighted by Crippen LogP contribution is -1.97. The number of hydrogen-bond acceptors (Lipinski definition) is 4. The Kier molecular flexibility index (Phi) is 2.74. The van der Waals surface area contributed by atoms with Crippen LogP contribution in [0.1, 0.15) is 14.5 Å². The minimum atomic E-state index is -0.508. The van der Waals surface area contributed by atoms with E-state index in [0.717, 1.165) is 4.88 Å².